The van der Waals surface area contributed by atoms with Gasteiger partial charge < -0.3 is 14.2 Å². The van der Waals surface area contributed by atoms with E-state index in [1.165, 1.54) is 22.4 Å². The molecule has 0 amide bonds. The maximum atomic E-state index is 11.4. The van der Waals surface area contributed by atoms with Gasteiger partial charge in [-0.1, -0.05) is 6.92 Å². The zero-order valence-electron chi connectivity index (χ0n) is 8.30. The molecule has 1 unspecified atom stereocenters. The van der Waals surface area contributed by atoms with Gasteiger partial charge in [-0.3, -0.25) is 9.59 Å². The van der Waals surface area contributed by atoms with Crippen molar-refractivity contribution in [3.05, 3.63) is 33.1 Å². The number of aryl methyl sites for hydroxylation is 1. The summed E-state index contributed by atoms with van der Waals surface area (Å²) in [6.07, 6.45) is 3.09. The first-order valence-corrected chi connectivity index (χ1v) is 4.43. The first-order valence-electron chi connectivity index (χ1n) is 4.43. The Bertz CT molecular complexity index is 419. The Kier molecular flexibility index (Phi) is 3.24. The number of nitrogens with zero attached hydrogens (tertiary/aromatic N) is 2. The SMILES string of the molecule is CC(CO)Cn1ccn(C)c(=O)c1=O. The van der Waals surface area contributed by atoms with Crippen molar-refractivity contribution < 1.29 is 5.11 Å². The summed E-state index contributed by atoms with van der Waals surface area (Å²) in [6.45, 7) is 2.18. The minimum atomic E-state index is -0.546. The highest BCUT2D eigenvalue weighted by Gasteiger charge is 2.05. The Morgan fingerprint density at radius 3 is 2.57 bits per heavy atom. The van der Waals surface area contributed by atoms with E-state index in [-0.39, 0.29) is 12.5 Å². The first kappa shape index (κ1) is 10.7. The third kappa shape index (κ3) is 2.11. The van der Waals surface area contributed by atoms with Crippen LogP contribution in [0.5, 0.6) is 0 Å². The van der Waals surface area contributed by atoms with Crippen LogP contribution >= 0.6 is 0 Å². The highest BCUT2D eigenvalue weighted by molar-refractivity contribution is 4.84. The number of aromatic nitrogens is 2. The van der Waals surface area contributed by atoms with Crippen molar-refractivity contribution in [2.45, 2.75) is 13.5 Å². The van der Waals surface area contributed by atoms with Gasteiger partial charge in [-0.05, 0) is 5.92 Å². The van der Waals surface area contributed by atoms with Crippen molar-refractivity contribution in [1.29, 1.82) is 0 Å². The van der Waals surface area contributed by atoms with E-state index in [1.807, 2.05) is 6.92 Å². The van der Waals surface area contributed by atoms with Crippen molar-refractivity contribution in [3.63, 3.8) is 0 Å². The maximum absolute atomic E-state index is 11.4. The van der Waals surface area contributed by atoms with Crippen LogP contribution in [0.3, 0.4) is 0 Å². The van der Waals surface area contributed by atoms with E-state index in [1.54, 1.807) is 6.20 Å². The van der Waals surface area contributed by atoms with Crippen LogP contribution in [-0.2, 0) is 13.6 Å². The summed E-state index contributed by atoms with van der Waals surface area (Å²) in [6, 6.07) is 0. The van der Waals surface area contributed by atoms with Crippen LogP contribution < -0.4 is 11.1 Å². The number of aliphatic hydroxyl groups excluding tert-OH is 1. The fourth-order valence-corrected chi connectivity index (χ4v) is 1.13. The molecule has 78 valence electrons. The first-order chi connectivity index (χ1) is 6.56. The van der Waals surface area contributed by atoms with Crippen molar-refractivity contribution in [2.24, 2.45) is 13.0 Å². The molecule has 0 aliphatic heterocycles. The van der Waals surface area contributed by atoms with Crippen molar-refractivity contribution in [3.8, 4) is 0 Å². The van der Waals surface area contributed by atoms with Crippen LogP contribution in [0.1, 0.15) is 6.92 Å². The predicted octanol–water partition coefficient (Wildman–Crippen LogP) is -0.825. The molecule has 0 bridgehead atoms. The molecule has 1 aromatic heterocycles. The second kappa shape index (κ2) is 4.23. The zero-order chi connectivity index (χ0) is 10.7. The van der Waals surface area contributed by atoms with Crippen LogP contribution in [0.25, 0.3) is 0 Å². The van der Waals surface area contributed by atoms with Gasteiger partial charge >= 0.3 is 11.1 Å². The van der Waals surface area contributed by atoms with Crippen LogP contribution in [0.2, 0.25) is 0 Å². The Balaban J connectivity index is 3.07. The fraction of sp³-hybridized carbons (Fsp3) is 0.556. The lowest BCUT2D eigenvalue weighted by atomic mass is 10.2. The van der Waals surface area contributed by atoms with Crippen molar-refractivity contribution in [1.82, 2.24) is 9.13 Å². The van der Waals surface area contributed by atoms with Gasteiger partial charge in [0, 0.05) is 32.6 Å². The summed E-state index contributed by atoms with van der Waals surface area (Å²) >= 11 is 0. The summed E-state index contributed by atoms with van der Waals surface area (Å²) in [7, 11) is 1.53. The lowest BCUT2D eigenvalue weighted by molar-refractivity contribution is 0.221. The van der Waals surface area contributed by atoms with Crippen LogP contribution in [0.15, 0.2) is 22.0 Å². The molecule has 5 heteroatoms. The van der Waals surface area contributed by atoms with Gasteiger partial charge in [0.1, 0.15) is 0 Å². The molecule has 0 aliphatic carbocycles. The lowest BCUT2D eigenvalue weighted by Crippen LogP contribution is -2.40. The Morgan fingerprint density at radius 1 is 1.36 bits per heavy atom. The standard InChI is InChI=1S/C9H14N2O3/c1-7(6-12)5-11-4-3-10(2)8(13)9(11)14/h3-4,7,12H,5-6H2,1-2H3. The Hall–Kier alpha value is -1.36. The van der Waals surface area contributed by atoms with Gasteiger partial charge in [0.05, 0.1) is 0 Å². The second-order valence-electron chi connectivity index (χ2n) is 3.46. The molecule has 1 atom stereocenters. The van der Waals surface area contributed by atoms with Gasteiger partial charge in [-0.2, -0.15) is 0 Å². The minimum absolute atomic E-state index is 0.00164. The maximum Gasteiger partial charge on any atom is 0.316 e. The van der Waals surface area contributed by atoms with Crippen molar-refractivity contribution >= 4 is 0 Å². The van der Waals surface area contributed by atoms with Gasteiger partial charge in [-0.15, -0.1) is 0 Å². The molecule has 0 fully saturated rings. The highest BCUT2D eigenvalue weighted by Crippen LogP contribution is 1.94. The normalized spacial score (nSPS) is 12.8. The molecule has 1 N–H and O–H groups in total. The quantitative estimate of drug-likeness (QED) is 0.645. The smallest absolute Gasteiger partial charge is 0.316 e. The largest absolute Gasteiger partial charge is 0.396 e. The average molecular weight is 198 g/mol. The molecular weight excluding hydrogens is 184 g/mol. The summed E-state index contributed by atoms with van der Waals surface area (Å²) in [5.74, 6) is -0.0280. The van der Waals surface area contributed by atoms with Crippen molar-refractivity contribution in [2.75, 3.05) is 6.61 Å². The van der Waals surface area contributed by atoms with E-state index in [0.29, 0.717) is 6.54 Å². The summed E-state index contributed by atoms with van der Waals surface area (Å²) < 4.78 is 2.56. The molecule has 0 aliphatic rings. The zero-order valence-corrected chi connectivity index (χ0v) is 8.30. The van der Waals surface area contributed by atoms with Crippen LogP contribution in [0, 0.1) is 5.92 Å². The number of hydrogen-bond donors (Lipinski definition) is 1. The van der Waals surface area contributed by atoms with E-state index < -0.39 is 11.1 Å². The van der Waals surface area contributed by atoms with E-state index in [0.717, 1.165) is 0 Å². The van der Waals surface area contributed by atoms with E-state index in [4.69, 9.17) is 5.11 Å². The second-order valence-corrected chi connectivity index (χ2v) is 3.46. The summed E-state index contributed by atoms with van der Waals surface area (Å²) in [4.78, 5) is 22.6. The Labute approximate surface area is 81.2 Å². The molecule has 5 nitrogen and oxygen atoms in total. The van der Waals surface area contributed by atoms with Gasteiger partial charge in [0.25, 0.3) is 0 Å². The third-order valence-corrected chi connectivity index (χ3v) is 2.05. The number of rotatable bonds is 3. The monoisotopic (exact) mass is 198 g/mol. The van der Waals surface area contributed by atoms with Gasteiger partial charge in [0.2, 0.25) is 0 Å². The van der Waals surface area contributed by atoms with E-state index >= 15 is 0 Å². The van der Waals surface area contributed by atoms with Crippen LogP contribution in [-0.4, -0.2) is 20.8 Å². The van der Waals surface area contributed by atoms with Crippen LogP contribution in [0.4, 0.5) is 0 Å². The Morgan fingerprint density at radius 2 is 2.00 bits per heavy atom. The van der Waals surface area contributed by atoms with Gasteiger partial charge in [0.15, 0.2) is 0 Å². The molecule has 0 aromatic carbocycles. The molecular formula is C9H14N2O3. The summed E-state index contributed by atoms with van der Waals surface area (Å²) in [5.41, 5.74) is -1.09. The number of hydrogen-bond acceptors (Lipinski definition) is 3. The third-order valence-electron chi connectivity index (χ3n) is 2.05. The molecule has 1 aromatic rings. The minimum Gasteiger partial charge on any atom is -0.396 e. The molecule has 1 heterocycles. The summed E-state index contributed by atoms with van der Waals surface area (Å²) in [5, 5.41) is 8.81. The highest BCUT2D eigenvalue weighted by atomic mass is 16.3. The predicted molar refractivity (Wildman–Crippen MR) is 52.2 cm³/mol. The van der Waals surface area contributed by atoms with E-state index in [2.05, 4.69) is 0 Å². The molecule has 0 saturated carbocycles. The molecule has 0 radical (unpaired) electrons. The molecule has 14 heavy (non-hydrogen) atoms. The lowest BCUT2D eigenvalue weighted by Gasteiger charge is -2.10. The topological polar surface area (TPSA) is 64.2 Å². The molecule has 0 spiro atoms. The molecule has 0 saturated heterocycles. The fourth-order valence-electron chi connectivity index (χ4n) is 1.13. The molecule has 1 rings (SSSR count). The van der Waals surface area contributed by atoms with E-state index in [9.17, 15) is 9.59 Å². The average Bonchev–Trinajstić information content (AvgIpc) is 2.19. The van der Waals surface area contributed by atoms with Gasteiger partial charge in [-0.25, -0.2) is 0 Å². The number of aliphatic hydroxyl groups is 1.